The quantitative estimate of drug-likeness (QED) is 0.792. The molecule has 0 radical (unpaired) electrons. The number of aryl methyl sites for hydroxylation is 3. The van der Waals surface area contributed by atoms with Crippen molar-refractivity contribution < 1.29 is 0 Å². The molecule has 5 nitrogen and oxygen atoms in total. The molecule has 5 heteroatoms. The maximum absolute atomic E-state index is 11.1. The molecule has 15 heavy (non-hydrogen) atoms. The van der Waals surface area contributed by atoms with E-state index < -0.39 is 0 Å². The molecule has 78 valence electrons. The first kappa shape index (κ1) is 9.64. The number of benzene rings is 1. The molecule has 1 N–H and O–H groups in total. The zero-order valence-corrected chi connectivity index (χ0v) is 8.47. The van der Waals surface area contributed by atoms with Crippen molar-refractivity contribution >= 4 is 0 Å². The van der Waals surface area contributed by atoms with E-state index in [0.717, 1.165) is 6.42 Å². The number of hydrogen-bond donors (Lipinski definition) is 1. The molecule has 2 rings (SSSR count). The number of nitrogens with one attached hydrogen (secondary N) is 1. The van der Waals surface area contributed by atoms with Crippen molar-refractivity contribution in [1.29, 1.82) is 0 Å². The van der Waals surface area contributed by atoms with E-state index in [1.54, 1.807) is 0 Å². The molecule has 0 aliphatic rings. The molecule has 1 heterocycles. The van der Waals surface area contributed by atoms with Gasteiger partial charge >= 0.3 is 5.69 Å². The smallest absolute Gasteiger partial charge is 0.245 e. The van der Waals surface area contributed by atoms with Gasteiger partial charge in [0.25, 0.3) is 0 Å². The maximum atomic E-state index is 11.1. The van der Waals surface area contributed by atoms with Crippen LogP contribution in [0.15, 0.2) is 29.1 Å². The normalized spacial score (nSPS) is 10.5. The molecular formula is C10H12N4O. The number of aromatic nitrogens is 4. The lowest BCUT2D eigenvalue weighted by Gasteiger charge is -2.00. The monoisotopic (exact) mass is 204 g/mol. The first-order chi connectivity index (χ1) is 7.25. The number of H-pyrrole nitrogens is 1. The molecule has 2 aromatic rings. The van der Waals surface area contributed by atoms with Gasteiger partial charge in [-0.2, -0.15) is 4.68 Å². The van der Waals surface area contributed by atoms with Crippen molar-refractivity contribution in [3.8, 4) is 0 Å². The first-order valence-electron chi connectivity index (χ1n) is 4.79. The van der Waals surface area contributed by atoms with Crippen LogP contribution in [0.1, 0.15) is 11.1 Å². The maximum Gasteiger partial charge on any atom is 0.361 e. The van der Waals surface area contributed by atoms with Crippen LogP contribution in [0.5, 0.6) is 0 Å². The van der Waals surface area contributed by atoms with Gasteiger partial charge in [-0.05, 0) is 29.3 Å². The van der Waals surface area contributed by atoms with Crippen LogP contribution in [0.4, 0.5) is 0 Å². The fourth-order valence-electron chi connectivity index (χ4n) is 1.35. The third-order valence-electron chi connectivity index (χ3n) is 2.27. The van der Waals surface area contributed by atoms with Gasteiger partial charge in [-0.15, -0.1) is 0 Å². The van der Waals surface area contributed by atoms with Crippen LogP contribution >= 0.6 is 0 Å². The van der Waals surface area contributed by atoms with Gasteiger partial charge in [0.15, 0.2) is 0 Å². The lowest BCUT2D eigenvalue weighted by Crippen LogP contribution is -2.19. The van der Waals surface area contributed by atoms with E-state index in [4.69, 9.17) is 0 Å². The Balaban J connectivity index is 2.02. The molecule has 0 unspecified atom stereocenters. The Bertz CT molecular complexity index is 483. The molecule has 0 aliphatic carbocycles. The summed E-state index contributed by atoms with van der Waals surface area (Å²) in [5.74, 6) is 0. The molecular weight excluding hydrogens is 192 g/mol. The Hall–Kier alpha value is -1.91. The second kappa shape index (κ2) is 4.08. The van der Waals surface area contributed by atoms with Gasteiger partial charge in [0.05, 0.1) is 6.54 Å². The highest BCUT2D eigenvalue weighted by Crippen LogP contribution is 2.03. The summed E-state index contributed by atoms with van der Waals surface area (Å²) in [7, 11) is 0. The highest BCUT2D eigenvalue weighted by atomic mass is 16.2. The Labute approximate surface area is 86.7 Å². The number of aromatic amines is 1. The molecule has 0 amide bonds. The van der Waals surface area contributed by atoms with Gasteiger partial charge in [0.1, 0.15) is 0 Å². The fraction of sp³-hybridized carbons (Fsp3) is 0.300. The van der Waals surface area contributed by atoms with E-state index >= 15 is 0 Å². The minimum atomic E-state index is -0.262. The molecule has 0 fully saturated rings. The van der Waals surface area contributed by atoms with Gasteiger partial charge < -0.3 is 0 Å². The summed E-state index contributed by atoms with van der Waals surface area (Å²) in [6.45, 7) is 2.60. The van der Waals surface area contributed by atoms with Crippen LogP contribution < -0.4 is 5.69 Å². The summed E-state index contributed by atoms with van der Waals surface area (Å²) < 4.78 is 1.32. The third-order valence-corrected chi connectivity index (χ3v) is 2.27. The Morgan fingerprint density at radius 3 is 2.67 bits per heavy atom. The second-order valence-electron chi connectivity index (χ2n) is 3.47. The molecule has 1 aromatic carbocycles. The zero-order valence-electron chi connectivity index (χ0n) is 8.47. The van der Waals surface area contributed by atoms with Gasteiger partial charge in [0.2, 0.25) is 0 Å². The second-order valence-corrected chi connectivity index (χ2v) is 3.47. The van der Waals surface area contributed by atoms with Gasteiger partial charge in [-0.3, -0.25) is 0 Å². The van der Waals surface area contributed by atoms with E-state index in [1.807, 2.05) is 6.92 Å². The molecule has 0 atom stereocenters. The minimum absolute atomic E-state index is 0.262. The summed E-state index contributed by atoms with van der Waals surface area (Å²) in [6.07, 6.45) is 0.784. The van der Waals surface area contributed by atoms with Crippen LogP contribution in [0, 0.1) is 6.92 Å². The van der Waals surface area contributed by atoms with Crippen molar-refractivity contribution in [3.05, 3.63) is 45.9 Å². The SMILES string of the molecule is Cc1ccc(CCn2nn[nH]c2=O)cc1. The van der Waals surface area contributed by atoms with Gasteiger partial charge in [-0.1, -0.05) is 29.8 Å². The average molecular weight is 204 g/mol. The topological polar surface area (TPSA) is 63.6 Å². The highest BCUT2D eigenvalue weighted by molar-refractivity contribution is 5.21. The van der Waals surface area contributed by atoms with Gasteiger partial charge in [-0.25, -0.2) is 9.89 Å². The number of hydrogen-bond acceptors (Lipinski definition) is 3. The predicted octanol–water partition coefficient (Wildman–Crippen LogP) is 0.518. The molecule has 0 saturated carbocycles. The fourth-order valence-corrected chi connectivity index (χ4v) is 1.35. The van der Waals surface area contributed by atoms with Crippen molar-refractivity contribution in [2.45, 2.75) is 19.9 Å². The zero-order chi connectivity index (χ0) is 10.7. The summed E-state index contributed by atoms with van der Waals surface area (Å²) in [6, 6.07) is 8.22. The van der Waals surface area contributed by atoms with Crippen molar-refractivity contribution in [2.24, 2.45) is 0 Å². The number of rotatable bonds is 3. The van der Waals surface area contributed by atoms with E-state index in [-0.39, 0.29) is 5.69 Å². The Morgan fingerprint density at radius 2 is 2.07 bits per heavy atom. The molecule has 0 saturated heterocycles. The Morgan fingerprint density at radius 1 is 1.33 bits per heavy atom. The van der Waals surface area contributed by atoms with E-state index in [0.29, 0.717) is 6.54 Å². The van der Waals surface area contributed by atoms with E-state index in [9.17, 15) is 4.79 Å². The summed E-state index contributed by atoms with van der Waals surface area (Å²) in [4.78, 5) is 11.1. The van der Waals surface area contributed by atoms with Crippen molar-refractivity contribution in [1.82, 2.24) is 20.2 Å². The summed E-state index contributed by atoms with van der Waals surface area (Å²) in [5.41, 5.74) is 2.16. The highest BCUT2D eigenvalue weighted by Gasteiger charge is 1.99. The first-order valence-corrected chi connectivity index (χ1v) is 4.79. The van der Waals surface area contributed by atoms with Crippen LogP contribution in [0.25, 0.3) is 0 Å². The van der Waals surface area contributed by atoms with Crippen LogP contribution in [-0.2, 0) is 13.0 Å². The number of nitrogens with zero attached hydrogens (tertiary/aromatic N) is 3. The Kier molecular flexibility index (Phi) is 2.62. The standard InChI is InChI=1S/C10H12N4O/c1-8-2-4-9(5-3-8)6-7-14-10(15)11-12-13-14/h2-5H,6-7H2,1H3,(H,11,13,15). The summed E-state index contributed by atoms with van der Waals surface area (Å²) in [5, 5.41) is 9.33. The number of tetrazole rings is 1. The lowest BCUT2D eigenvalue weighted by atomic mass is 10.1. The van der Waals surface area contributed by atoms with Crippen LogP contribution in [-0.4, -0.2) is 20.2 Å². The third kappa shape index (κ3) is 2.31. The van der Waals surface area contributed by atoms with E-state index in [1.165, 1.54) is 15.8 Å². The predicted molar refractivity (Wildman–Crippen MR) is 55.5 cm³/mol. The lowest BCUT2D eigenvalue weighted by molar-refractivity contribution is 0.574. The van der Waals surface area contributed by atoms with Crippen molar-refractivity contribution in [2.75, 3.05) is 0 Å². The van der Waals surface area contributed by atoms with Crippen LogP contribution in [0.3, 0.4) is 0 Å². The van der Waals surface area contributed by atoms with Crippen LogP contribution in [0.2, 0.25) is 0 Å². The molecule has 0 aliphatic heterocycles. The largest absolute Gasteiger partial charge is 0.361 e. The minimum Gasteiger partial charge on any atom is -0.245 e. The van der Waals surface area contributed by atoms with Gasteiger partial charge in [0, 0.05) is 0 Å². The average Bonchev–Trinajstić information content (AvgIpc) is 2.63. The summed E-state index contributed by atoms with van der Waals surface area (Å²) >= 11 is 0. The molecule has 0 spiro atoms. The van der Waals surface area contributed by atoms with E-state index in [2.05, 4.69) is 39.8 Å². The molecule has 1 aromatic heterocycles. The van der Waals surface area contributed by atoms with Crippen molar-refractivity contribution in [3.63, 3.8) is 0 Å². The molecule has 0 bridgehead atoms.